The van der Waals surface area contributed by atoms with Gasteiger partial charge in [-0.05, 0) is 12.1 Å². The van der Waals surface area contributed by atoms with Crippen LogP contribution in [-0.2, 0) is 0 Å². The number of nitrogens with zero attached hydrogens (tertiary/aromatic N) is 1. The van der Waals surface area contributed by atoms with Crippen LogP contribution in [0, 0.1) is 11.3 Å². The van der Waals surface area contributed by atoms with Crippen molar-refractivity contribution in [2.75, 3.05) is 7.11 Å². The lowest BCUT2D eigenvalue weighted by Gasteiger charge is -2.02. The highest BCUT2D eigenvalue weighted by Gasteiger charge is 1.97. The van der Waals surface area contributed by atoms with Crippen LogP contribution in [0.4, 0.5) is 0 Å². The predicted octanol–water partition coefficient (Wildman–Crippen LogP) is 1.52. The van der Waals surface area contributed by atoms with Crippen molar-refractivity contribution in [1.82, 2.24) is 0 Å². The number of methoxy groups -OCH3 is 1. The van der Waals surface area contributed by atoms with Crippen LogP contribution in [0.5, 0.6) is 5.75 Å². The minimum Gasteiger partial charge on any atom is -0.497 e. The molecule has 0 bridgehead atoms. The van der Waals surface area contributed by atoms with E-state index in [1.807, 2.05) is 24.3 Å². The second kappa shape index (κ2) is 4.17. The molecule has 0 heterocycles. The van der Waals surface area contributed by atoms with Gasteiger partial charge >= 0.3 is 0 Å². The summed E-state index contributed by atoms with van der Waals surface area (Å²) in [7, 11) is 1.59. The number of ether oxygens (including phenoxy) is 1. The van der Waals surface area contributed by atoms with E-state index >= 15 is 0 Å². The molecule has 1 aromatic rings. The van der Waals surface area contributed by atoms with Gasteiger partial charge in [-0.1, -0.05) is 12.1 Å². The fraction of sp³-hybridized carbons (Fsp3) is 0.100. The van der Waals surface area contributed by atoms with Gasteiger partial charge in [0.05, 0.1) is 13.2 Å². The van der Waals surface area contributed by atoms with Gasteiger partial charge in [-0.25, -0.2) is 0 Å². The zero-order chi connectivity index (χ0) is 9.68. The van der Waals surface area contributed by atoms with Crippen molar-refractivity contribution in [3.05, 3.63) is 35.9 Å². The van der Waals surface area contributed by atoms with Crippen molar-refractivity contribution in [3.8, 4) is 11.8 Å². The molecule has 1 aromatic carbocycles. The zero-order valence-corrected chi connectivity index (χ0v) is 7.32. The summed E-state index contributed by atoms with van der Waals surface area (Å²) in [6.45, 7) is 0. The van der Waals surface area contributed by atoms with Gasteiger partial charge in [0.2, 0.25) is 0 Å². The van der Waals surface area contributed by atoms with Crippen molar-refractivity contribution < 1.29 is 4.74 Å². The molecule has 0 saturated carbocycles. The lowest BCUT2D eigenvalue weighted by atomic mass is 10.1. The summed E-state index contributed by atoms with van der Waals surface area (Å²) < 4.78 is 5.02. The fourth-order valence-corrected chi connectivity index (χ4v) is 0.956. The van der Waals surface area contributed by atoms with Crippen LogP contribution in [0.2, 0.25) is 0 Å². The van der Waals surface area contributed by atoms with Crippen LogP contribution in [-0.4, -0.2) is 7.11 Å². The lowest BCUT2D eigenvalue weighted by Crippen LogP contribution is -1.96. The molecule has 2 N–H and O–H groups in total. The van der Waals surface area contributed by atoms with Gasteiger partial charge in [0, 0.05) is 17.3 Å². The van der Waals surface area contributed by atoms with Gasteiger partial charge in [-0.2, -0.15) is 5.26 Å². The molecular weight excluding hydrogens is 164 g/mol. The average Bonchev–Trinajstić information content (AvgIpc) is 2.18. The molecule has 0 amide bonds. The molecule has 0 spiro atoms. The number of benzene rings is 1. The summed E-state index contributed by atoms with van der Waals surface area (Å²) >= 11 is 0. The summed E-state index contributed by atoms with van der Waals surface area (Å²) in [5, 5.41) is 8.39. The molecule has 0 aromatic heterocycles. The summed E-state index contributed by atoms with van der Waals surface area (Å²) in [5.74, 6) is 0.729. The van der Waals surface area contributed by atoms with Crippen LogP contribution in [0.15, 0.2) is 30.3 Å². The molecule has 0 aliphatic heterocycles. The number of allylic oxidation sites excluding steroid dienone is 1. The summed E-state index contributed by atoms with van der Waals surface area (Å²) in [6, 6.07) is 9.13. The topological polar surface area (TPSA) is 59.0 Å². The highest BCUT2D eigenvalue weighted by molar-refractivity contribution is 5.65. The van der Waals surface area contributed by atoms with Gasteiger partial charge in [0.25, 0.3) is 0 Å². The highest BCUT2D eigenvalue weighted by atomic mass is 16.5. The second-order valence-corrected chi connectivity index (χ2v) is 2.46. The maximum atomic E-state index is 8.39. The quantitative estimate of drug-likeness (QED) is 0.691. The first-order valence-corrected chi connectivity index (χ1v) is 3.77. The fourth-order valence-electron chi connectivity index (χ4n) is 0.956. The summed E-state index contributed by atoms with van der Waals surface area (Å²) in [6.07, 6.45) is 1.30. The SMILES string of the molecule is COc1cccc(/C(N)=C\C#N)c1. The van der Waals surface area contributed by atoms with E-state index in [-0.39, 0.29) is 0 Å². The van der Waals surface area contributed by atoms with Gasteiger partial charge in [0.15, 0.2) is 0 Å². The molecule has 0 unspecified atom stereocenters. The molecule has 0 saturated heterocycles. The Balaban J connectivity index is 3.03. The maximum absolute atomic E-state index is 8.39. The number of nitrogens with two attached hydrogens (primary N) is 1. The average molecular weight is 174 g/mol. The third-order valence-electron chi connectivity index (χ3n) is 1.62. The van der Waals surface area contributed by atoms with Crippen LogP contribution in [0.3, 0.4) is 0 Å². The van der Waals surface area contributed by atoms with E-state index in [2.05, 4.69) is 0 Å². The van der Waals surface area contributed by atoms with Crippen LogP contribution >= 0.6 is 0 Å². The number of hydrogen-bond donors (Lipinski definition) is 1. The van der Waals surface area contributed by atoms with E-state index in [1.165, 1.54) is 6.08 Å². The summed E-state index contributed by atoms with van der Waals surface area (Å²) in [4.78, 5) is 0. The Morgan fingerprint density at radius 3 is 3.00 bits per heavy atom. The number of nitriles is 1. The van der Waals surface area contributed by atoms with Gasteiger partial charge in [-0.15, -0.1) is 0 Å². The van der Waals surface area contributed by atoms with E-state index in [4.69, 9.17) is 15.7 Å². The van der Waals surface area contributed by atoms with E-state index in [1.54, 1.807) is 13.2 Å². The Kier molecular flexibility index (Phi) is 2.93. The number of hydrogen-bond acceptors (Lipinski definition) is 3. The van der Waals surface area contributed by atoms with Crippen molar-refractivity contribution in [2.45, 2.75) is 0 Å². The van der Waals surface area contributed by atoms with Gasteiger partial charge in [-0.3, -0.25) is 0 Å². The molecule has 13 heavy (non-hydrogen) atoms. The summed E-state index contributed by atoms with van der Waals surface area (Å²) in [5.41, 5.74) is 6.85. The second-order valence-electron chi connectivity index (χ2n) is 2.46. The Labute approximate surface area is 77.0 Å². The van der Waals surface area contributed by atoms with Crippen molar-refractivity contribution in [2.24, 2.45) is 5.73 Å². The Bertz CT molecular complexity index is 363. The van der Waals surface area contributed by atoms with Crippen LogP contribution in [0.1, 0.15) is 5.56 Å². The normalized spacial score (nSPS) is 10.6. The molecule has 0 atom stereocenters. The van der Waals surface area contributed by atoms with Crippen molar-refractivity contribution in [1.29, 1.82) is 5.26 Å². The minimum absolute atomic E-state index is 0.446. The Morgan fingerprint density at radius 2 is 2.38 bits per heavy atom. The van der Waals surface area contributed by atoms with Crippen LogP contribution in [0.25, 0.3) is 5.70 Å². The third-order valence-corrected chi connectivity index (χ3v) is 1.62. The lowest BCUT2D eigenvalue weighted by molar-refractivity contribution is 0.414. The molecule has 0 fully saturated rings. The molecule has 0 aliphatic rings. The third kappa shape index (κ3) is 2.24. The molecule has 3 heteroatoms. The number of rotatable bonds is 2. The highest BCUT2D eigenvalue weighted by Crippen LogP contribution is 2.16. The minimum atomic E-state index is 0.446. The molecule has 66 valence electrons. The van der Waals surface area contributed by atoms with E-state index in [9.17, 15) is 0 Å². The zero-order valence-electron chi connectivity index (χ0n) is 7.32. The first-order valence-electron chi connectivity index (χ1n) is 3.77. The standard InChI is InChI=1S/C10H10N2O/c1-13-9-4-2-3-8(7-9)10(12)5-6-11/h2-5,7H,12H2,1H3/b10-5+. The van der Waals surface area contributed by atoms with Crippen molar-refractivity contribution in [3.63, 3.8) is 0 Å². The van der Waals surface area contributed by atoms with Crippen LogP contribution < -0.4 is 10.5 Å². The van der Waals surface area contributed by atoms with E-state index in [0.717, 1.165) is 11.3 Å². The first-order chi connectivity index (χ1) is 6.27. The van der Waals surface area contributed by atoms with Gasteiger partial charge < -0.3 is 10.5 Å². The largest absolute Gasteiger partial charge is 0.497 e. The Morgan fingerprint density at radius 1 is 1.62 bits per heavy atom. The molecule has 3 nitrogen and oxygen atoms in total. The first kappa shape index (κ1) is 9.14. The maximum Gasteiger partial charge on any atom is 0.119 e. The molecule has 0 aliphatic carbocycles. The van der Waals surface area contributed by atoms with E-state index < -0.39 is 0 Å². The van der Waals surface area contributed by atoms with Gasteiger partial charge in [0.1, 0.15) is 5.75 Å². The van der Waals surface area contributed by atoms with E-state index in [0.29, 0.717) is 5.70 Å². The molecule has 0 radical (unpaired) electrons. The predicted molar refractivity (Wildman–Crippen MR) is 50.8 cm³/mol. The van der Waals surface area contributed by atoms with Crippen molar-refractivity contribution >= 4 is 5.70 Å². The monoisotopic (exact) mass is 174 g/mol. The molecular formula is C10H10N2O. The smallest absolute Gasteiger partial charge is 0.119 e. The Hall–Kier alpha value is -1.95. The molecule has 1 rings (SSSR count).